The van der Waals surface area contributed by atoms with Crippen LogP contribution in [-0.4, -0.2) is 26.4 Å². The SMILES string of the molecule is Cn1nc2n(c1=O)CCC(NC(=O)NCc1ccco1)CC2. The van der Waals surface area contributed by atoms with E-state index in [9.17, 15) is 9.59 Å². The van der Waals surface area contributed by atoms with Gasteiger partial charge in [0.05, 0.1) is 12.8 Å². The number of aromatic nitrogens is 3. The van der Waals surface area contributed by atoms with E-state index in [-0.39, 0.29) is 17.8 Å². The Bertz CT molecular complexity index is 701. The summed E-state index contributed by atoms with van der Waals surface area (Å²) in [6.07, 6.45) is 3.73. The predicted octanol–water partition coefficient (Wildman–Crippen LogP) is 0.379. The van der Waals surface area contributed by atoms with Crippen LogP contribution in [0.2, 0.25) is 0 Å². The van der Waals surface area contributed by atoms with Gasteiger partial charge in [0.15, 0.2) is 0 Å². The van der Waals surface area contributed by atoms with E-state index in [1.807, 2.05) is 0 Å². The van der Waals surface area contributed by atoms with Crippen molar-refractivity contribution in [2.75, 3.05) is 0 Å². The Morgan fingerprint density at radius 1 is 1.50 bits per heavy atom. The summed E-state index contributed by atoms with van der Waals surface area (Å²) < 4.78 is 8.20. The second kappa shape index (κ2) is 6.08. The summed E-state index contributed by atoms with van der Waals surface area (Å²) in [6, 6.07) is 3.39. The van der Waals surface area contributed by atoms with Crippen LogP contribution in [-0.2, 0) is 26.6 Å². The van der Waals surface area contributed by atoms with Crippen LogP contribution in [0.5, 0.6) is 0 Å². The topological polar surface area (TPSA) is 94.1 Å². The zero-order valence-electron chi connectivity index (χ0n) is 12.4. The number of carbonyl (C=O) groups excluding carboxylic acids is 1. The quantitative estimate of drug-likeness (QED) is 0.857. The van der Waals surface area contributed by atoms with Crippen LogP contribution < -0.4 is 16.3 Å². The number of rotatable bonds is 3. The van der Waals surface area contributed by atoms with Crippen LogP contribution in [0.25, 0.3) is 0 Å². The van der Waals surface area contributed by atoms with E-state index < -0.39 is 0 Å². The molecule has 0 saturated carbocycles. The molecule has 0 fully saturated rings. The highest BCUT2D eigenvalue weighted by atomic mass is 16.3. The molecular formula is C14H19N5O3. The number of urea groups is 1. The van der Waals surface area contributed by atoms with E-state index in [4.69, 9.17) is 4.42 Å². The molecule has 0 bridgehead atoms. The highest BCUT2D eigenvalue weighted by Gasteiger charge is 2.21. The molecule has 2 aromatic rings. The molecule has 0 saturated heterocycles. The largest absolute Gasteiger partial charge is 0.467 e. The predicted molar refractivity (Wildman–Crippen MR) is 78.3 cm³/mol. The monoisotopic (exact) mass is 305 g/mol. The Kier molecular flexibility index (Phi) is 3.99. The van der Waals surface area contributed by atoms with Crippen molar-refractivity contribution in [1.82, 2.24) is 25.0 Å². The molecule has 22 heavy (non-hydrogen) atoms. The van der Waals surface area contributed by atoms with Crippen molar-refractivity contribution < 1.29 is 9.21 Å². The standard InChI is InChI=1S/C14H19N5O3/c1-18-14(21)19-7-6-10(4-5-12(19)17-18)16-13(20)15-9-11-3-2-8-22-11/h2-3,8,10H,4-7,9H2,1H3,(H2,15,16,20). The summed E-state index contributed by atoms with van der Waals surface area (Å²) in [5.41, 5.74) is -0.0991. The van der Waals surface area contributed by atoms with Gasteiger partial charge < -0.3 is 15.1 Å². The summed E-state index contributed by atoms with van der Waals surface area (Å²) in [7, 11) is 1.65. The fourth-order valence-electron chi connectivity index (χ4n) is 2.66. The number of fused-ring (bicyclic) bond motifs is 1. The summed E-state index contributed by atoms with van der Waals surface area (Å²) in [5, 5.41) is 9.92. The molecule has 8 heteroatoms. The Balaban J connectivity index is 1.52. The van der Waals surface area contributed by atoms with Gasteiger partial charge in [-0.2, -0.15) is 5.10 Å². The Morgan fingerprint density at radius 2 is 2.36 bits per heavy atom. The molecule has 3 heterocycles. The number of furan rings is 1. The van der Waals surface area contributed by atoms with Crippen LogP contribution in [0.4, 0.5) is 4.79 Å². The average Bonchev–Trinajstić information content (AvgIpc) is 3.05. The van der Waals surface area contributed by atoms with Crippen LogP contribution >= 0.6 is 0 Å². The first-order valence-electron chi connectivity index (χ1n) is 7.33. The molecule has 1 unspecified atom stereocenters. The van der Waals surface area contributed by atoms with Crippen LogP contribution in [0, 0.1) is 0 Å². The number of nitrogens with zero attached hydrogens (tertiary/aromatic N) is 3. The molecular weight excluding hydrogens is 286 g/mol. The minimum Gasteiger partial charge on any atom is -0.467 e. The van der Waals surface area contributed by atoms with Crippen LogP contribution in [0.1, 0.15) is 24.4 Å². The van der Waals surface area contributed by atoms with Crippen molar-refractivity contribution in [3.8, 4) is 0 Å². The van der Waals surface area contributed by atoms with Gasteiger partial charge in [-0.3, -0.25) is 4.57 Å². The van der Waals surface area contributed by atoms with Gasteiger partial charge in [0.25, 0.3) is 0 Å². The molecule has 0 aliphatic carbocycles. The minimum atomic E-state index is -0.228. The first-order valence-corrected chi connectivity index (χ1v) is 7.33. The molecule has 2 N–H and O–H groups in total. The lowest BCUT2D eigenvalue weighted by Crippen LogP contribution is -2.42. The number of amides is 2. The lowest BCUT2D eigenvalue weighted by molar-refractivity contribution is 0.234. The maximum atomic E-state index is 11.9. The van der Waals surface area contributed by atoms with E-state index >= 15 is 0 Å². The summed E-state index contributed by atoms with van der Waals surface area (Å²) >= 11 is 0. The van der Waals surface area contributed by atoms with Gasteiger partial charge in [0, 0.05) is 26.1 Å². The van der Waals surface area contributed by atoms with Gasteiger partial charge in [0.2, 0.25) is 0 Å². The summed E-state index contributed by atoms with van der Waals surface area (Å²) in [6.45, 7) is 0.929. The number of hydrogen-bond acceptors (Lipinski definition) is 4. The van der Waals surface area contributed by atoms with Gasteiger partial charge in [0.1, 0.15) is 11.6 Å². The molecule has 1 aliphatic rings. The van der Waals surface area contributed by atoms with E-state index in [1.54, 1.807) is 30.0 Å². The number of aryl methyl sites for hydroxylation is 2. The maximum Gasteiger partial charge on any atom is 0.345 e. The van der Waals surface area contributed by atoms with Gasteiger partial charge in [-0.05, 0) is 25.0 Å². The molecule has 0 aromatic carbocycles. The van der Waals surface area contributed by atoms with E-state index in [1.165, 1.54) is 4.68 Å². The minimum absolute atomic E-state index is 0.0306. The zero-order chi connectivity index (χ0) is 15.5. The fourth-order valence-corrected chi connectivity index (χ4v) is 2.66. The molecule has 118 valence electrons. The third kappa shape index (κ3) is 3.05. The Morgan fingerprint density at radius 3 is 3.14 bits per heavy atom. The average molecular weight is 305 g/mol. The zero-order valence-corrected chi connectivity index (χ0v) is 12.4. The Hall–Kier alpha value is -2.51. The number of hydrogen-bond donors (Lipinski definition) is 2. The third-order valence-corrected chi connectivity index (χ3v) is 3.84. The van der Waals surface area contributed by atoms with Crippen molar-refractivity contribution in [1.29, 1.82) is 0 Å². The van der Waals surface area contributed by atoms with Crippen LogP contribution in [0.15, 0.2) is 27.6 Å². The molecule has 0 radical (unpaired) electrons. The highest BCUT2D eigenvalue weighted by molar-refractivity contribution is 5.74. The molecule has 1 atom stereocenters. The first-order chi connectivity index (χ1) is 10.6. The maximum absolute atomic E-state index is 11.9. The second-order valence-corrected chi connectivity index (χ2v) is 5.40. The highest BCUT2D eigenvalue weighted by Crippen LogP contribution is 2.11. The second-order valence-electron chi connectivity index (χ2n) is 5.40. The normalized spacial score (nSPS) is 17.6. The van der Waals surface area contributed by atoms with E-state index in [0.29, 0.717) is 31.7 Å². The molecule has 1 aliphatic heterocycles. The first kappa shape index (κ1) is 14.4. The molecule has 3 rings (SSSR count). The van der Waals surface area contributed by atoms with Gasteiger partial charge >= 0.3 is 11.7 Å². The lowest BCUT2D eigenvalue weighted by atomic mass is 10.1. The lowest BCUT2D eigenvalue weighted by Gasteiger charge is -2.16. The molecule has 2 amide bonds. The van der Waals surface area contributed by atoms with Crippen molar-refractivity contribution in [2.45, 2.75) is 38.4 Å². The smallest absolute Gasteiger partial charge is 0.345 e. The van der Waals surface area contributed by atoms with Gasteiger partial charge in [-0.1, -0.05) is 0 Å². The van der Waals surface area contributed by atoms with Gasteiger partial charge in [-0.15, -0.1) is 0 Å². The van der Waals surface area contributed by atoms with Crippen molar-refractivity contribution >= 4 is 6.03 Å². The van der Waals surface area contributed by atoms with E-state index in [2.05, 4.69) is 15.7 Å². The van der Waals surface area contributed by atoms with Crippen molar-refractivity contribution in [2.24, 2.45) is 7.05 Å². The van der Waals surface area contributed by atoms with Crippen molar-refractivity contribution in [3.05, 3.63) is 40.5 Å². The third-order valence-electron chi connectivity index (χ3n) is 3.84. The van der Waals surface area contributed by atoms with Gasteiger partial charge in [-0.25, -0.2) is 14.3 Å². The Labute approximate surface area is 127 Å². The molecule has 2 aromatic heterocycles. The fraction of sp³-hybridized carbons (Fsp3) is 0.500. The van der Waals surface area contributed by atoms with Crippen LogP contribution in [0.3, 0.4) is 0 Å². The number of nitrogens with one attached hydrogen (secondary N) is 2. The van der Waals surface area contributed by atoms with E-state index in [0.717, 1.165) is 12.2 Å². The number of carbonyl (C=O) groups is 1. The molecule has 0 spiro atoms. The summed E-state index contributed by atoms with van der Waals surface area (Å²) in [4.78, 5) is 23.8. The summed E-state index contributed by atoms with van der Waals surface area (Å²) in [5.74, 6) is 1.49. The van der Waals surface area contributed by atoms with Crippen molar-refractivity contribution in [3.63, 3.8) is 0 Å². The molecule has 8 nitrogen and oxygen atoms in total.